The lowest BCUT2D eigenvalue weighted by Crippen LogP contribution is -3.00. The fraction of sp³-hybridized carbons (Fsp3) is 0.556. The predicted octanol–water partition coefficient (Wildman–Crippen LogP) is -1.63. The first-order valence-electron chi connectivity index (χ1n) is 8.43. The van der Waals surface area contributed by atoms with E-state index in [1.807, 2.05) is 31.5 Å². The summed E-state index contributed by atoms with van der Waals surface area (Å²) in [5.41, 5.74) is 1.07. The molecule has 0 aromatic carbocycles. The van der Waals surface area contributed by atoms with E-state index in [0.29, 0.717) is 0 Å². The maximum absolute atomic E-state index is 11.6. The molecular formula is C18H23Br2NO7. The molecule has 0 bridgehead atoms. The summed E-state index contributed by atoms with van der Waals surface area (Å²) >= 11 is 3.52. The van der Waals surface area contributed by atoms with Gasteiger partial charge in [-0.1, -0.05) is 15.9 Å². The Morgan fingerprint density at radius 2 is 1.57 bits per heavy atom. The molecule has 0 aliphatic carbocycles. The Hall–Kier alpha value is -1.52. The van der Waals surface area contributed by atoms with E-state index in [2.05, 4.69) is 15.9 Å². The fourth-order valence-corrected chi connectivity index (χ4v) is 3.60. The van der Waals surface area contributed by atoms with Crippen LogP contribution in [0.4, 0.5) is 0 Å². The van der Waals surface area contributed by atoms with Crippen LogP contribution in [-0.4, -0.2) is 47.7 Å². The largest absolute Gasteiger partial charge is 1.00 e. The number of esters is 3. The van der Waals surface area contributed by atoms with Crippen molar-refractivity contribution < 1.29 is 54.9 Å². The first kappa shape index (κ1) is 24.5. The van der Waals surface area contributed by atoms with Crippen molar-refractivity contribution in [2.24, 2.45) is 0 Å². The molecule has 10 heteroatoms. The third-order valence-electron chi connectivity index (χ3n) is 3.96. The number of pyridine rings is 1. The number of aryl methyl sites for hydroxylation is 1. The molecule has 0 spiro atoms. The molecular weight excluding hydrogens is 502 g/mol. The average Bonchev–Trinajstić information content (AvgIpc) is 2.57. The third-order valence-corrected chi connectivity index (χ3v) is 4.93. The molecule has 1 aromatic rings. The number of nitrogens with zero attached hydrogens (tertiary/aromatic N) is 1. The third kappa shape index (κ3) is 6.52. The highest BCUT2D eigenvalue weighted by atomic mass is 79.9. The molecule has 2 rings (SSSR count). The highest BCUT2D eigenvalue weighted by Gasteiger charge is 2.53. The number of hydrogen-bond donors (Lipinski definition) is 0. The van der Waals surface area contributed by atoms with E-state index in [-0.39, 0.29) is 23.6 Å². The normalized spacial score (nSPS) is 26.5. The average molecular weight is 525 g/mol. The van der Waals surface area contributed by atoms with E-state index in [9.17, 15) is 14.4 Å². The lowest BCUT2D eigenvalue weighted by atomic mass is 10.00. The van der Waals surface area contributed by atoms with Crippen LogP contribution in [0, 0.1) is 6.92 Å². The zero-order valence-corrected chi connectivity index (χ0v) is 19.1. The zero-order chi connectivity index (χ0) is 20.1. The lowest BCUT2D eigenvalue weighted by Gasteiger charge is -2.40. The Balaban J connectivity index is 0.00000392. The van der Waals surface area contributed by atoms with E-state index in [1.54, 1.807) is 4.57 Å². The second-order valence-corrected chi connectivity index (χ2v) is 7.34. The molecule has 28 heavy (non-hydrogen) atoms. The number of carbonyl (C=O) groups is 3. The van der Waals surface area contributed by atoms with Crippen LogP contribution in [0.1, 0.15) is 32.6 Å². The van der Waals surface area contributed by atoms with Crippen molar-refractivity contribution in [3.63, 3.8) is 0 Å². The Bertz CT molecular complexity index is 698. The zero-order valence-electron chi connectivity index (χ0n) is 16.0. The van der Waals surface area contributed by atoms with Crippen LogP contribution in [0.5, 0.6) is 0 Å². The number of rotatable bonds is 5. The molecule has 2 heterocycles. The summed E-state index contributed by atoms with van der Waals surface area (Å²) in [7, 11) is 0. The molecule has 0 saturated carbocycles. The van der Waals surface area contributed by atoms with Gasteiger partial charge in [0.25, 0.3) is 6.23 Å². The summed E-state index contributed by atoms with van der Waals surface area (Å²) in [6.45, 7) is 5.60. The molecule has 1 aliphatic rings. The highest BCUT2D eigenvalue weighted by molar-refractivity contribution is 9.09. The van der Waals surface area contributed by atoms with Crippen LogP contribution in [-0.2, 0) is 33.3 Å². The Morgan fingerprint density at radius 1 is 1.04 bits per heavy atom. The minimum absolute atomic E-state index is 0. The lowest BCUT2D eigenvalue weighted by molar-refractivity contribution is -0.768. The Labute approximate surface area is 182 Å². The van der Waals surface area contributed by atoms with Gasteiger partial charge in [0.05, 0.1) is 0 Å². The van der Waals surface area contributed by atoms with E-state index in [0.717, 1.165) is 5.56 Å². The van der Waals surface area contributed by atoms with Crippen molar-refractivity contribution in [1.29, 1.82) is 0 Å². The van der Waals surface area contributed by atoms with Gasteiger partial charge in [-0.25, -0.2) is 0 Å². The van der Waals surface area contributed by atoms with E-state index >= 15 is 0 Å². The maximum Gasteiger partial charge on any atom is 0.303 e. The standard InChI is InChI=1S/C18H23BrNO7.BrH/c1-10-5-7-20(8-6-10)18-15(19)17(26-13(4)23)16(25-12(3)22)14(27-18)9-24-11(2)21;/h5-8,14-18H,9H2,1-4H3;1H/q+1;/p-1/t14-,15+,16-,17-,18-;/m1./s1. The van der Waals surface area contributed by atoms with Gasteiger partial charge in [0.2, 0.25) is 0 Å². The van der Waals surface area contributed by atoms with E-state index < -0.39 is 47.3 Å². The highest BCUT2D eigenvalue weighted by Crippen LogP contribution is 2.34. The molecule has 8 nitrogen and oxygen atoms in total. The van der Waals surface area contributed by atoms with Crippen molar-refractivity contribution in [2.75, 3.05) is 6.61 Å². The fourth-order valence-electron chi connectivity index (χ4n) is 2.80. The molecule has 1 aliphatic heterocycles. The minimum Gasteiger partial charge on any atom is -1.00 e. The second-order valence-electron chi connectivity index (χ2n) is 6.28. The van der Waals surface area contributed by atoms with Crippen LogP contribution in [0.25, 0.3) is 0 Å². The van der Waals surface area contributed by atoms with Crippen LogP contribution < -0.4 is 21.5 Å². The number of halogens is 2. The number of hydrogen-bond acceptors (Lipinski definition) is 7. The molecule has 0 amide bonds. The van der Waals surface area contributed by atoms with Gasteiger partial charge in [-0.2, -0.15) is 4.57 Å². The summed E-state index contributed by atoms with van der Waals surface area (Å²) in [6, 6.07) is 3.81. The van der Waals surface area contributed by atoms with E-state index in [4.69, 9.17) is 18.9 Å². The van der Waals surface area contributed by atoms with E-state index in [1.165, 1.54) is 20.8 Å². The summed E-state index contributed by atoms with van der Waals surface area (Å²) < 4.78 is 23.7. The summed E-state index contributed by atoms with van der Waals surface area (Å²) in [6.07, 6.45) is 0.497. The molecule has 156 valence electrons. The Morgan fingerprint density at radius 3 is 2.07 bits per heavy atom. The molecule has 5 atom stereocenters. The van der Waals surface area contributed by atoms with Crippen molar-refractivity contribution in [2.45, 2.75) is 57.1 Å². The predicted molar refractivity (Wildman–Crippen MR) is 95.7 cm³/mol. The van der Waals surface area contributed by atoms with Crippen molar-refractivity contribution in [3.05, 3.63) is 30.1 Å². The number of carbonyl (C=O) groups excluding carboxylic acids is 3. The van der Waals surface area contributed by atoms with Crippen LogP contribution in [0.15, 0.2) is 24.5 Å². The van der Waals surface area contributed by atoms with Crippen molar-refractivity contribution in [3.8, 4) is 0 Å². The number of ether oxygens (including phenoxy) is 4. The Kier molecular flexibility index (Phi) is 9.52. The van der Waals surface area contributed by atoms with Gasteiger partial charge in [-0.05, 0) is 12.5 Å². The smallest absolute Gasteiger partial charge is 0.303 e. The number of alkyl halides is 1. The number of aromatic nitrogens is 1. The van der Waals surface area contributed by atoms with Gasteiger partial charge in [-0.3, -0.25) is 14.4 Å². The molecule has 0 radical (unpaired) electrons. The summed E-state index contributed by atoms with van der Waals surface area (Å²) in [4.78, 5) is 33.9. The quantitative estimate of drug-likeness (QED) is 0.198. The molecule has 1 aromatic heterocycles. The minimum atomic E-state index is -0.933. The second kappa shape index (κ2) is 10.9. The monoisotopic (exact) mass is 523 g/mol. The van der Waals surface area contributed by atoms with Gasteiger partial charge in [0.15, 0.2) is 24.6 Å². The van der Waals surface area contributed by atoms with Crippen LogP contribution >= 0.6 is 15.9 Å². The molecule has 0 N–H and O–H groups in total. The van der Waals surface area contributed by atoms with Gasteiger partial charge in [-0.15, -0.1) is 0 Å². The van der Waals surface area contributed by atoms with Crippen molar-refractivity contribution >= 4 is 33.8 Å². The topological polar surface area (TPSA) is 92.0 Å². The van der Waals surface area contributed by atoms with Gasteiger partial charge < -0.3 is 35.9 Å². The summed E-state index contributed by atoms with van der Waals surface area (Å²) in [5.74, 6) is -1.58. The molecule has 1 saturated heterocycles. The van der Waals surface area contributed by atoms with Crippen molar-refractivity contribution in [1.82, 2.24) is 0 Å². The molecule has 0 unspecified atom stereocenters. The summed E-state index contributed by atoms with van der Waals surface area (Å²) in [5, 5.41) is 0. The SMILES string of the molecule is CC(=O)OC[C@H]1O[C@@H]([n+]2ccc(C)cc2)[C@@H](Br)[C@@H](OC(C)=O)[C@@H]1OC(C)=O.[Br-]. The van der Waals surface area contributed by atoms with Crippen LogP contribution in [0.3, 0.4) is 0 Å². The van der Waals surface area contributed by atoms with Gasteiger partial charge in [0, 0.05) is 32.9 Å². The first-order chi connectivity index (χ1) is 12.7. The first-order valence-corrected chi connectivity index (χ1v) is 9.35. The maximum atomic E-state index is 11.6. The van der Waals surface area contributed by atoms with Gasteiger partial charge >= 0.3 is 17.9 Å². The van der Waals surface area contributed by atoms with Gasteiger partial charge in [0.1, 0.15) is 17.5 Å². The molecule has 1 fully saturated rings. The van der Waals surface area contributed by atoms with Crippen LogP contribution in [0.2, 0.25) is 0 Å².